The van der Waals surface area contributed by atoms with E-state index in [1.807, 2.05) is 66.7 Å². The summed E-state index contributed by atoms with van der Waals surface area (Å²) in [7, 11) is 1.55. The van der Waals surface area contributed by atoms with Crippen molar-refractivity contribution in [2.24, 2.45) is 5.92 Å². The molecule has 0 aromatic heterocycles. The van der Waals surface area contributed by atoms with Crippen molar-refractivity contribution in [1.82, 2.24) is 4.90 Å². The van der Waals surface area contributed by atoms with Crippen molar-refractivity contribution >= 4 is 33.8 Å². The fourth-order valence-corrected chi connectivity index (χ4v) is 3.80. The molecule has 0 spiro atoms. The molecule has 0 radical (unpaired) electrons. The number of carbonyl (C=O) groups excluding carboxylic acids is 2. The predicted molar refractivity (Wildman–Crippen MR) is 130 cm³/mol. The van der Waals surface area contributed by atoms with Crippen molar-refractivity contribution < 1.29 is 19.1 Å². The van der Waals surface area contributed by atoms with E-state index in [0.717, 1.165) is 22.2 Å². The van der Waals surface area contributed by atoms with Gasteiger partial charge in [-0.05, 0) is 35.1 Å². The molecule has 1 aliphatic rings. The molecule has 6 heteroatoms. The lowest BCUT2D eigenvalue weighted by atomic mass is 10.0. The first kappa shape index (κ1) is 22.6. The zero-order chi connectivity index (χ0) is 23.4. The maximum Gasteiger partial charge on any atom is 0.278 e. The largest absolute Gasteiger partial charge is 0.493 e. The van der Waals surface area contributed by atoms with Crippen molar-refractivity contribution in [3.8, 4) is 5.75 Å². The topological polar surface area (TPSA) is 67.9 Å². The summed E-state index contributed by atoms with van der Waals surface area (Å²) in [6, 6.07) is 21.1. The van der Waals surface area contributed by atoms with Crippen LogP contribution in [-0.4, -0.2) is 43.6 Å². The quantitative estimate of drug-likeness (QED) is 0.484. The summed E-state index contributed by atoms with van der Waals surface area (Å²) in [5.41, 5.74) is 2.04. The van der Waals surface area contributed by atoms with Crippen molar-refractivity contribution in [2.75, 3.05) is 32.2 Å². The van der Waals surface area contributed by atoms with Crippen LogP contribution in [0.4, 0.5) is 5.69 Å². The fourth-order valence-electron chi connectivity index (χ4n) is 3.80. The summed E-state index contributed by atoms with van der Waals surface area (Å²) in [6.07, 6.45) is 0. The van der Waals surface area contributed by atoms with E-state index in [1.54, 1.807) is 7.11 Å². The molecule has 0 aliphatic carbocycles. The van der Waals surface area contributed by atoms with Crippen molar-refractivity contribution in [1.29, 1.82) is 0 Å². The Kier molecular flexibility index (Phi) is 6.75. The number of hydrogen-bond donors (Lipinski definition) is 1. The molecule has 0 fully saturated rings. The normalized spacial score (nSPS) is 14.0. The van der Waals surface area contributed by atoms with Crippen LogP contribution in [0.5, 0.6) is 5.75 Å². The third-order valence-electron chi connectivity index (χ3n) is 5.46. The zero-order valence-corrected chi connectivity index (χ0v) is 19.1. The molecule has 33 heavy (non-hydrogen) atoms. The van der Waals surface area contributed by atoms with Crippen molar-refractivity contribution in [3.63, 3.8) is 0 Å². The Morgan fingerprint density at radius 3 is 2.36 bits per heavy atom. The molecule has 1 aliphatic heterocycles. The van der Waals surface area contributed by atoms with Crippen LogP contribution in [-0.2, 0) is 14.3 Å². The average Bonchev–Trinajstić information content (AvgIpc) is 3.05. The van der Waals surface area contributed by atoms with Crippen LogP contribution in [0.3, 0.4) is 0 Å². The second-order valence-corrected chi connectivity index (χ2v) is 8.39. The van der Waals surface area contributed by atoms with Gasteiger partial charge < -0.3 is 14.8 Å². The molecule has 6 nitrogen and oxygen atoms in total. The molecule has 1 N–H and O–H groups in total. The number of imide groups is 1. The SMILES string of the molecule is COCCN1C(=O)C(Nc2cccc3ccccc23)=C(c2ccc(OCC(C)C)cc2)C1=O. The molecule has 2 amide bonds. The van der Waals surface area contributed by atoms with E-state index in [0.29, 0.717) is 23.7 Å². The monoisotopic (exact) mass is 444 g/mol. The van der Waals surface area contributed by atoms with Gasteiger partial charge in [0.15, 0.2) is 0 Å². The molecule has 0 saturated heterocycles. The highest BCUT2D eigenvalue weighted by Gasteiger charge is 2.39. The Morgan fingerprint density at radius 1 is 0.909 bits per heavy atom. The Labute approximate surface area is 193 Å². The summed E-state index contributed by atoms with van der Waals surface area (Å²) >= 11 is 0. The number of hydrogen-bond acceptors (Lipinski definition) is 5. The molecule has 1 heterocycles. The predicted octanol–water partition coefficient (Wildman–Crippen LogP) is 4.71. The van der Waals surface area contributed by atoms with Crippen LogP contribution in [0.1, 0.15) is 19.4 Å². The van der Waals surface area contributed by atoms with E-state index < -0.39 is 0 Å². The summed E-state index contributed by atoms with van der Waals surface area (Å²) < 4.78 is 10.9. The van der Waals surface area contributed by atoms with Crippen LogP contribution < -0.4 is 10.1 Å². The van der Waals surface area contributed by atoms with E-state index in [2.05, 4.69) is 19.2 Å². The smallest absolute Gasteiger partial charge is 0.278 e. The first-order valence-corrected chi connectivity index (χ1v) is 11.1. The second-order valence-electron chi connectivity index (χ2n) is 8.39. The number of methoxy groups -OCH3 is 1. The lowest BCUT2D eigenvalue weighted by molar-refractivity contribution is -0.137. The Morgan fingerprint density at radius 2 is 1.64 bits per heavy atom. The number of anilines is 1. The number of ether oxygens (including phenoxy) is 2. The molecular weight excluding hydrogens is 416 g/mol. The minimum Gasteiger partial charge on any atom is -0.493 e. The first-order valence-electron chi connectivity index (χ1n) is 11.1. The van der Waals surface area contributed by atoms with Gasteiger partial charge in [0.05, 0.1) is 25.3 Å². The number of benzene rings is 3. The first-order chi connectivity index (χ1) is 16.0. The summed E-state index contributed by atoms with van der Waals surface area (Å²) in [4.78, 5) is 27.8. The highest BCUT2D eigenvalue weighted by Crippen LogP contribution is 2.33. The molecular formula is C27H28N2O4. The number of amides is 2. The van der Waals surface area contributed by atoms with Gasteiger partial charge in [-0.15, -0.1) is 0 Å². The number of fused-ring (bicyclic) bond motifs is 1. The molecule has 3 aromatic rings. The third kappa shape index (κ3) is 4.76. The number of rotatable bonds is 9. The van der Waals surface area contributed by atoms with Gasteiger partial charge in [0.1, 0.15) is 11.4 Å². The molecule has 0 bridgehead atoms. The van der Waals surface area contributed by atoms with Gasteiger partial charge in [0.25, 0.3) is 11.8 Å². The van der Waals surface area contributed by atoms with Gasteiger partial charge in [-0.25, -0.2) is 0 Å². The number of nitrogens with zero attached hydrogens (tertiary/aromatic N) is 1. The second kappa shape index (κ2) is 9.88. The average molecular weight is 445 g/mol. The van der Waals surface area contributed by atoms with Gasteiger partial charge >= 0.3 is 0 Å². The van der Waals surface area contributed by atoms with E-state index in [-0.39, 0.29) is 30.7 Å². The van der Waals surface area contributed by atoms with Gasteiger partial charge in [0.2, 0.25) is 0 Å². The van der Waals surface area contributed by atoms with Crippen molar-refractivity contribution in [2.45, 2.75) is 13.8 Å². The van der Waals surface area contributed by atoms with Crippen LogP contribution in [0.2, 0.25) is 0 Å². The molecule has 4 rings (SSSR count). The molecule has 0 unspecified atom stereocenters. The Bertz CT molecular complexity index is 1190. The van der Waals surface area contributed by atoms with E-state index in [1.165, 1.54) is 4.90 Å². The summed E-state index contributed by atoms with van der Waals surface area (Å²) in [6.45, 7) is 5.24. The maximum absolute atomic E-state index is 13.3. The van der Waals surface area contributed by atoms with Gasteiger partial charge in [-0.3, -0.25) is 14.5 Å². The van der Waals surface area contributed by atoms with Gasteiger partial charge in [-0.2, -0.15) is 0 Å². The molecule has 0 atom stereocenters. The van der Waals surface area contributed by atoms with Crippen LogP contribution in [0.15, 0.2) is 72.4 Å². The standard InChI is InChI=1S/C27H28N2O4/c1-18(2)17-33-21-13-11-20(12-14-21)24-25(27(31)29(26(24)30)15-16-32-3)28-23-10-6-8-19-7-4-5-9-22(19)23/h4-14,18,28H,15-17H2,1-3H3. The fraction of sp³-hybridized carbons (Fsp3) is 0.259. The van der Waals surface area contributed by atoms with Crippen LogP contribution in [0.25, 0.3) is 16.3 Å². The summed E-state index contributed by atoms with van der Waals surface area (Å²) in [5, 5.41) is 5.29. The van der Waals surface area contributed by atoms with E-state index in [4.69, 9.17) is 9.47 Å². The minimum absolute atomic E-state index is 0.188. The Balaban J connectivity index is 1.73. The highest BCUT2D eigenvalue weighted by atomic mass is 16.5. The van der Waals surface area contributed by atoms with Crippen LogP contribution in [0, 0.1) is 5.92 Å². The lowest BCUT2D eigenvalue weighted by Crippen LogP contribution is -2.35. The maximum atomic E-state index is 13.3. The molecule has 0 saturated carbocycles. The van der Waals surface area contributed by atoms with Gasteiger partial charge in [-0.1, -0.05) is 62.4 Å². The summed E-state index contributed by atoms with van der Waals surface area (Å²) in [5.74, 6) is 0.438. The molecule has 3 aromatic carbocycles. The zero-order valence-electron chi connectivity index (χ0n) is 19.1. The van der Waals surface area contributed by atoms with E-state index >= 15 is 0 Å². The highest BCUT2D eigenvalue weighted by molar-refractivity contribution is 6.36. The van der Waals surface area contributed by atoms with Crippen molar-refractivity contribution in [3.05, 3.63) is 78.0 Å². The Hall–Kier alpha value is -3.64. The van der Waals surface area contributed by atoms with Gasteiger partial charge in [0, 0.05) is 18.2 Å². The van der Waals surface area contributed by atoms with E-state index in [9.17, 15) is 9.59 Å². The third-order valence-corrected chi connectivity index (χ3v) is 5.46. The minimum atomic E-state index is -0.361. The number of carbonyl (C=O) groups is 2. The van der Waals surface area contributed by atoms with Crippen LogP contribution >= 0.6 is 0 Å². The number of nitrogens with one attached hydrogen (secondary N) is 1. The lowest BCUT2D eigenvalue weighted by Gasteiger charge is -2.15. The molecule has 170 valence electrons.